The number of hydrogen-bond acceptors (Lipinski definition) is 15. The van der Waals surface area contributed by atoms with Crippen LogP contribution >= 0.6 is 15.6 Å². The van der Waals surface area contributed by atoms with Gasteiger partial charge < -0.3 is 33.8 Å². The number of rotatable bonds is 77. The number of phosphoric acid groups is 2. The summed E-state index contributed by atoms with van der Waals surface area (Å²) < 4.78 is 68.5. The lowest BCUT2D eigenvalue weighted by Crippen LogP contribution is -2.30. The molecule has 0 aliphatic rings. The number of allylic oxidation sites excluding steroid dienone is 4. The van der Waals surface area contributed by atoms with Gasteiger partial charge in [0.05, 0.1) is 26.4 Å². The number of carbonyl (C=O) groups excluding carboxylic acids is 4. The minimum Gasteiger partial charge on any atom is -0.462 e. The molecule has 0 radical (unpaired) electrons. The highest BCUT2D eigenvalue weighted by molar-refractivity contribution is 7.47. The van der Waals surface area contributed by atoms with E-state index in [4.69, 9.17) is 37.0 Å². The summed E-state index contributed by atoms with van der Waals surface area (Å²) in [5.41, 5.74) is 0. The van der Waals surface area contributed by atoms with Crippen LogP contribution in [0.1, 0.15) is 394 Å². The second-order valence-corrected chi connectivity index (χ2v) is 31.2. The Morgan fingerprint density at radius 3 is 0.837 bits per heavy atom. The summed E-state index contributed by atoms with van der Waals surface area (Å²) in [6.07, 6.45) is 64.7. The highest BCUT2D eigenvalue weighted by Crippen LogP contribution is 2.45. The van der Waals surface area contributed by atoms with Crippen molar-refractivity contribution in [2.75, 3.05) is 39.6 Å². The third-order valence-corrected chi connectivity index (χ3v) is 19.8. The molecule has 578 valence electrons. The van der Waals surface area contributed by atoms with Gasteiger partial charge in [0.2, 0.25) is 0 Å². The summed E-state index contributed by atoms with van der Waals surface area (Å²) in [5.74, 6) is -1.35. The number of esters is 4. The van der Waals surface area contributed by atoms with Crippen LogP contribution in [0.25, 0.3) is 0 Å². The first-order chi connectivity index (χ1) is 47.5. The Balaban J connectivity index is 5.24. The summed E-state index contributed by atoms with van der Waals surface area (Å²) >= 11 is 0. The van der Waals surface area contributed by atoms with Gasteiger partial charge in [-0.15, -0.1) is 0 Å². The second-order valence-electron chi connectivity index (χ2n) is 28.2. The summed E-state index contributed by atoms with van der Waals surface area (Å²) in [6.45, 7) is 7.24. The predicted octanol–water partition coefficient (Wildman–Crippen LogP) is 23.2. The van der Waals surface area contributed by atoms with Gasteiger partial charge in [-0.25, -0.2) is 9.13 Å². The predicted molar refractivity (Wildman–Crippen MR) is 400 cm³/mol. The van der Waals surface area contributed by atoms with Gasteiger partial charge in [-0.1, -0.05) is 341 Å². The topological polar surface area (TPSA) is 237 Å². The van der Waals surface area contributed by atoms with E-state index >= 15 is 0 Å². The molecule has 0 aromatic heterocycles. The van der Waals surface area contributed by atoms with E-state index in [0.29, 0.717) is 25.7 Å². The molecule has 0 aromatic carbocycles. The molecule has 2 unspecified atom stereocenters. The highest BCUT2D eigenvalue weighted by Gasteiger charge is 2.30. The Hall–Kier alpha value is -2.46. The lowest BCUT2D eigenvalue weighted by Gasteiger charge is -2.21. The molecule has 5 atom stereocenters. The van der Waals surface area contributed by atoms with Crippen molar-refractivity contribution in [3.63, 3.8) is 0 Å². The van der Waals surface area contributed by atoms with Gasteiger partial charge >= 0.3 is 39.5 Å². The first-order valence-electron chi connectivity index (χ1n) is 40.5. The largest absolute Gasteiger partial charge is 0.472 e. The minimum absolute atomic E-state index is 0.0852. The monoisotopic (exact) mass is 1430 g/mol. The Kier molecular flexibility index (Phi) is 69.7. The molecule has 0 aliphatic heterocycles. The maximum absolute atomic E-state index is 13.1. The molecule has 0 fully saturated rings. The van der Waals surface area contributed by atoms with Crippen LogP contribution in [-0.4, -0.2) is 96.7 Å². The average molecular weight is 1430 g/mol. The molecule has 0 rings (SSSR count). The van der Waals surface area contributed by atoms with E-state index < -0.39 is 97.5 Å². The van der Waals surface area contributed by atoms with E-state index in [1.807, 2.05) is 0 Å². The van der Waals surface area contributed by atoms with Crippen LogP contribution in [-0.2, 0) is 65.4 Å². The van der Waals surface area contributed by atoms with Crippen LogP contribution in [0.15, 0.2) is 24.3 Å². The van der Waals surface area contributed by atoms with Crippen LogP contribution < -0.4 is 0 Å². The van der Waals surface area contributed by atoms with Gasteiger partial charge in [-0.05, 0) is 57.3 Å². The number of ether oxygens (including phenoxy) is 4. The van der Waals surface area contributed by atoms with Crippen LogP contribution in [0, 0.1) is 5.92 Å². The van der Waals surface area contributed by atoms with E-state index in [1.165, 1.54) is 199 Å². The molecule has 17 nitrogen and oxygen atoms in total. The van der Waals surface area contributed by atoms with E-state index in [-0.39, 0.29) is 25.7 Å². The third-order valence-electron chi connectivity index (χ3n) is 17.9. The molecule has 98 heavy (non-hydrogen) atoms. The van der Waals surface area contributed by atoms with Gasteiger partial charge in [0, 0.05) is 25.7 Å². The highest BCUT2D eigenvalue weighted by atomic mass is 31.2. The van der Waals surface area contributed by atoms with Crippen LogP contribution in [0.5, 0.6) is 0 Å². The van der Waals surface area contributed by atoms with Gasteiger partial charge in [-0.3, -0.25) is 37.3 Å². The summed E-state index contributed by atoms with van der Waals surface area (Å²) in [5, 5.41) is 10.6. The first kappa shape index (κ1) is 95.5. The smallest absolute Gasteiger partial charge is 0.462 e. The van der Waals surface area contributed by atoms with Crippen molar-refractivity contribution in [3.8, 4) is 0 Å². The van der Waals surface area contributed by atoms with Crippen molar-refractivity contribution in [2.45, 2.75) is 412 Å². The Labute approximate surface area is 599 Å². The fraction of sp³-hybridized carbons (Fsp3) is 0.899. The van der Waals surface area contributed by atoms with E-state index in [0.717, 1.165) is 115 Å². The van der Waals surface area contributed by atoms with Crippen LogP contribution in [0.4, 0.5) is 0 Å². The van der Waals surface area contributed by atoms with E-state index in [2.05, 4.69) is 58.9 Å². The quantitative estimate of drug-likeness (QED) is 0.0169. The molecular formula is C79H150O17P2. The van der Waals surface area contributed by atoms with E-state index in [1.54, 1.807) is 0 Å². The summed E-state index contributed by atoms with van der Waals surface area (Å²) in [7, 11) is -9.92. The number of carbonyl (C=O) groups is 4. The van der Waals surface area contributed by atoms with Crippen LogP contribution in [0.3, 0.4) is 0 Å². The minimum atomic E-state index is -4.96. The maximum Gasteiger partial charge on any atom is 0.472 e. The molecule has 0 heterocycles. The van der Waals surface area contributed by atoms with Crippen molar-refractivity contribution < 1.29 is 80.2 Å². The number of phosphoric ester groups is 2. The van der Waals surface area contributed by atoms with Gasteiger partial charge in [0.25, 0.3) is 0 Å². The standard InChI is InChI=1S/C79H150O17P2/c1-6-9-12-15-18-21-23-25-27-28-29-30-32-36-41-45-50-55-60-65-79(84)96-75(69-90-77(82)63-58-53-48-43-39-37-33-34-38-42-46-51-56-61-72(4)5)71-94-98(87,88)92-67-73(80)66-91-97(85,86)93-70-74(68-89-76(81)62-57-52-47-20-17-14-11-8-3)95-78(83)64-59-54-49-44-40-35-31-26-24-22-19-16-13-10-7-2/h22,24,26,31,72-75,80H,6-21,23,25,27-30,32-71H2,1-5H3,(H,85,86)(H,87,88)/b24-22-,31-26-/t73-,74+,75+/m0/s1. The zero-order chi connectivity index (χ0) is 71.9. The Morgan fingerprint density at radius 1 is 0.316 bits per heavy atom. The van der Waals surface area contributed by atoms with E-state index in [9.17, 15) is 43.2 Å². The summed E-state index contributed by atoms with van der Waals surface area (Å²) in [4.78, 5) is 72.8. The van der Waals surface area contributed by atoms with Crippen molar-refractivity contribution in [2.24, 2.45) is 5.92 Å². The Morgan fingerprint density at radius 2 is 0.551 bits per heavy atom. The lowest BCUT2D eigenvalue weighted by molar-refractivity contribution is -0.161. The molecule has 0 spiro atoms. The lowest BCUT2D eigenvalue weighted by atomic mass is 10.0. The van der Waals surface area contributed by atoms with Crippen molar-refractivity contribution in [1.82, 2.24) is 0 Å². The maximum atomic E-state index is 13.1. The fourth-order valence-electron chi connectivity index (χ4n) is 11.7. The zero-order valence-corrected chi connectivity index (χ0v) is 65.2. The molecule has 3 N–H and O–H groups in total. The molecule has 0 bridgehead atoms. The Bertz CT molecular complexity index is 1970. The van der Waals surface area contributed by atoms with Gasteiger partial charge in [0.15, 0.2) is 12.2 Å². The molecule has 0 saturated heterocycles. The van der Waals surface area contributed by atoms with Crippen molar-refractivity contribution in [1.29, 1.82) is 0 Å². The van der Waals surface area contributed by atoms with Crippen molar-refractivity contribution in [3.05, 3.63) is 24.3 Å². The molecule has 0 aliphatic carbocycles. The second kappa shape index (κ2) is 71.5. The van der Waals surface area contributed by atoms with Gasteiger partial charge in [-0.2, -0.15) is 0 Å². The SMILES string of the molecule is CCCCCC/C=C\C=C/CCCCCCCC(=O)O[C@H](COC(=O)CCCCCCCCCC)COP(=O)(O)OC[C@H](O)COP(=O)(O)OC[C@@H](COC(=O)CCCCCCCCCCCCCCCC(C)C)OC(=O)CCCCCCCCCCCCCCCCCCCCC. The molecule has 0 amide bonds. The first-order valence-corrected chi connectivity index (χ1v) is 43.4. The molecule has 19 heteroatoms. The number of hydrogen-bond donors (Lipinski definition) is 3. The van der Waals surface area contributed by atoms with Crippen LogP contribution in [0.2, 0.25) is 0 Å². The molecule has 0 aromatic rings. The number of unbranched alkanes of at least 4 members (excludes halogenated alkanes) is 46. The summed E-state index contributed by atoms with van der Waals surface area (Å²) in [6, 6.07) is 0. The number of aliphatic hydroxyl groups excluding tert-OH is 1. The zero-order valence-electron chi connectivity index (χ0n) is 63.4. The van der Waals surface area contributed by atoms with Crippen molar-refractivity contribution >= 4 is 39.5 Å². The molecular weight excluding hydrogens is 1280 g/mol. The third kappa shape index (κ3) is 71.9. The normalized spacial score (nSPS) is 14.1. The van der Waals surface area contributed by atoms with Gasteiger partial charge in [0.1, 0.15) is 19.3 Å². The molecule has 0 saturated carbocycles. The average Bonchev–Trinajstić information content (AvgIpc) is 1.16. The fourth-order valence-corrected chi connectivity index (χ4v) is 13.3. The number of aliphatic hydroxyl groups is 1.